The van der Waals surface area contributed by atoms with Gasteiger partial charge in [-0.2, -0.15) is 5.10 Å². The van der Waals surface area contributed by atoms with E-state index >= 15 is 0 Å². The molecular weight excluding hydrogens is 432 g/mol. The van der Waals surface area contributed by atoms with Crippen LogP contribution in [0.4, 0.5) is 5.69 Å². The highest BCUT2D eigenvalue weighted by Crippen LogP contribution is 2.29. The van der Waals surface area contributed by atoms with Crippen molar-refractivity contribution in [1.82, 2.24) is 5.32 Å². The Bertz CT molecular complexity index is 1060. The zero-order valence-corrected chi connectivity index (χ0v) is 17.1. The van der Waals surface area contributed by atoms with Crippen molar-refractivity contribution in [2.24, 2.45) is 10.2 Å². The number of amides is 1. The van der Waals surface area contributed by atoms with E-state index < -0.39 is 16.8 Å². The van der Waals surface area contributed by atoms with Gasteiger partial charge in [0.1, 0.15) is 5.76 Å². The number of nitrogens with zero attached hydrogens (tertiary/aromatic N) is 3. The van der Waals surface area contributed by atoms with E-state index in [9.17, 15) is 19.7 Å². The molecule has 154 valence electrons. The van der Waals surface area contributed by atoms with Crippen LogP contribution in [0.2, 0.25) is 0 Å². The number of benzene rings is 1. The maximum Gasteiger partial charge on any atom is 0.331 e. The summed E-state index contributed by atoms with van der Waals surface area (Å²) in [6.07, 6.45) is 3.98. The van der Waals surface area contributed by atoms with Gasteiger partial charge in [0, 0.05) is 28.7 Å². The molecule has 1 aliphatic rings. The van der Waals surface area contributed by atoms with Crippen molar-refractivity contribution in [3.63, 3.8) is 0 Å². The molecule has 10 nitrogen and oxygen atoms in total. The summed E-state index contributed by atoms with van der Waals surface area (Å²) in [7, 11) is 1.21. The highest BCUT2D eigenvalue weighted by atomic mass is 32.2. The van der Waals surface area contributed by atoms with E-state index in [1.807, 2.05) is 6.07 Å². The minimum Gasteiger partial charge on any atom is -0.468 e. The molecule has 2 aromatic rings. The van der Waals surface area contributed by atoms with Crippen LogP contribution in [0.5, 0.6) is 0 Å². The Labute approximate surface area is 178 Å². The molecule has 0 unspecified atom stereocenters. The number of ether oxygens (including phenoxy) is 1. The minimum absolute atomic E-state index is 0.0849. The SMILES string of the molecule is COC(=O)/C=C1/S/C(=N\N=Cc2cc([N+](=O)[O-])ccc2SCc2ccco2)NC1=O. The van der Waals surface area contributed by atoms with Crippen LogP contribution in [0.25, 0.3) is 0 Å². The summed E-state index contributed by atoms with van der Waals surface area (Å²) >= 11 is 2.35. The number of hydrogen-bond donors (Lipinski definition) is 1. The van der Waals surface area contributed by atoms with Crippen molar-refractivity contribution in [2.75, 3.05) is 7.11 Å². The standard InChI is InChI=1S/C18H14N4O6S2/c1-27-16(23)8-15-17(24)20-18(30-15)21-19-9-11-7-12(22(25)26)4-5-14(11)29-10-13-3-2-6-28-13/h2-9H,10H2,1H3,(H,20,21,24)/b15-8+,19-9?. The van der Waals surface area contributed by atoms with Crippen molar-refractivity contribution in [3.05, 3.63) is 69.0 Å². The molecule has 3 rings (SSSR count). The Kier molecular flexibility index (Phi) is 7.03. The van der Waals surface area contributed by atoms with Crippen molar-refractivity contribution in [2.45, 2.75) is 10.6 Å². The zero-order valence-electron chi connectivity index (χ0n) is 15.4. The fraction of sp³-hybridized carbons (Fsp3) is 0.111. The molecule has 12 heteroatoms. The molecule has 0 spiro atoms. The molecular formula is C18H14N4O6S2. The molecule has 2 heterocycles. The summed E-state index contributed by atoms with van der Waals surface area (Å²) in [6, 6.07) is 8.03. The molecule has 1 saturated heterocycles. The number of nitro groups is 1. The lowest BCUT2D eigenvalue weighted by atomic mass is 10.2. The summed E-state index contributed by atoms with van der Waals surface area (Å²) in [5.41, 5.74) is 0.406. The predicted molar refractivity (Wildman–Crippen MR) is 112 cm³/mol. The van der Waals surface area contributed by atoms with Gasteiger partial charge in [0.05, 0.1) is 35.2 Å². The van der Waals surface area contributed by atoms with Gasteiger partial charge in [-0.1, -0.05) is 0 Å². The topological polar surface area (TPSA) is 136 Å². The molecule has 1 N–H and O–H groups in total. The first-order valence-corrected chi connectivity index (χ1v) is 10.1. The molecule has 0 radical (unpaired) electrons. The average molecular weight is 446 g/mol. The largest absolute Gasteiger partial charge is 0.468 e. The summed E-state index contributed by atoms with van der Waals surface area (Å²) in [6.45, 7) is 0. The molecule has 30 heavy (non-hydrogen) atoms. The number of rotatable bonds is 7. The molecule has 0 saturated carbocycles. The number of methoxy groups -OCH3 is 1. The fourth-order valence-corrected chi connectivity index (χ4v) is 3.85. The summed E-state index contributed by atoms with van der Waals surface area (Å²) in [5.74, 6) is 0.140. The number of nitrogens with one attached hydrogen (secondary N) is 1. The number of carbonyl (C=O) groups excluding carboxylic acids is 2. The van der Waals surface area contributed by atoms with Gasteiger partial charge >= 0.3 is 5.97 Å². The Morgan fingerprint density at radius 1 is 1.43 bits per heavy atom. The van der Waals surface area contributed by atoms with Gasteiger partial charge < -0.3 is 9.15 Å². The van der Waals surface area contributed by atoms with E-state index in [0.717, 1.165) is 28.5 Å². The minimum atomic E-state index is -0.660. The Balaban J connectivity index is 1.77. The number of nitro benzene ring substituents is 1. The number of hydrogen-bond acceptors (Lipinski definition) is 10. The molecule has 0 atom stereocenters. The van der Waals surface area contributed by atoms with Crippen LogP contribution >= 0.6 is 23.5 Å². The van der Waals surface area contributed by atoms with Gasteiger partial charge in [-0.25, -0.2) is 4.79 Å². The Morgan fingerprint density at radius 3 is 2.97 bits per heavy atom. The van der Waals surface area contributed by atoms with Crippen LogP contribution in [-0.2, 0) is 20.1 Å². The third kappa shape index (κ3) is 5.58. The maximum absolute atomic E-state index is 11.8. The molecule has 0 aliphatic carbocycles. The third-order valence-corrected chi connectivity index (χ3v) is 5.61. The first-order chi connectivity index (χ1) is 14.5. The lowest BCUT2D eigenvalue weighted by molar-refractivity contribution is -0.384. The van der Waals surface area contributed by atoms with Crippen LogP contribution in [-0.4, -0.2) is 35.3 Å². The van der Waals surface area contributed by atoms with Crippen molar-refractivity contribution in [3.8, 4) is 0 Å². The molecule has 1 aromatic heterocycles. The van der Waals surface area contributed by atoms with Crippen molar-refractivity contribution < 1.29 is 23.7 Å². The van der Waals surface area contributed by atoms with E-state index in [2.05, 4.69) is 20.3 Å². The quantitative estimate of drug-likeness (QED) is 0.171. The Morgan fingerprint density at radius 2 is 2.27 bits per heavy atom. The molecule has 1 amide bonds. The van der Waals surface area contributed by atoms with E-state index in [1.165, 1.54) is 37.2 Å². The van der Waals surface area contributed by atoms with Gasteiger partial charge in [-0.3, -0.25) is 20.2 Å². The Hall–Kier alpha value is -3.38. The highest BCUT2D eigenvalue weighted by Gasteiger charge is 2.25. The van der Waals surface area contributed by atoms with Gasteiger partial charge in [0.15, 0.2) is 5.17 Å². The van der Waals surface area contributed by atoms with Crippen molar-refractivity contribution in [1.29, 1.82) is 0 Å². The molecule has 1 aromatic carbocycles. The number of amidine groups is 1. The monoisotopic (exact) mass is 446 g/mol. The number of non-ortho nitro benzene ring substituents is 1. The maximum atomic E-state index is 11.8. The van der Waals surface area contributed by atoms with E-state index in [0.29, 0.717) is 11.3 Å². The first-order valence-electron chi connectivity index (χ1n) is 8.30. The smallest absolute Gasteiger partial charge is 0.331 e. The van der Waals surface area contributed by atoms with Crippen LogP contribution in [0.3, 0.4) is 0 Å². The van der Waals surface area contributed by atoms with E-state index in [-0.39, 0.29) is 15.8 Å². The van der Waals surface area contributed by atoms with Crippen LogP contribution < -0.4 is 5.32 Å². The van der Waals surface area contributed by atoms with Crippen LogP contribution in [0, 0.1) is 10.1 Å². The van der Waals surface area contributed by atoms with E-state index in [1.54, 1.807) is 18.4 Å². The number of furan rings is 1. The second kappa shape index (κ2) is 9.89. The second-order valence-corrected chi connectivity index (χ2v) is 7.63. The summed E-state index contributed by atoms with van der Waals surface area (Å²) in [4.78, 5) is 34.5. The van der Waals surface area contributed by atoms with Crippen LogP contribution in [0.1, 0.15) is 11.3 Å². The lowest BCUT2D eigenvalue weighted by Crippen LogP contribution is -2.19. The number of carbonyl (C=O) groups is 2. The predicted octanol–water partition coefficient (Wildman–Crippen LogP) is 3.09. The average Bonchev–Trinajstić information content (AvgIpc) is 3.36. The summed E-state index contributed by atoms with van der Waals surface area (Å²) < 4.78 is 9.78. The second-order valence-electron chi connectivity index (χ2n) is 5.58. The van der Waals surface area contributed by atoms with Gasteiger partial charge in [0.2, 0.25) is 0 Å². The molecule has 1 fully saturated rings. The van der Waals surface area contributed by atoms with Gasteiger partial charge in [0.25, 0.3) is 11.6 Å². The highest BCUT2D eigenvalue weighted by molar-refractivity contribution is 8.18. The van der Waals surface area contributed by atoms with Gasteiger partial charge in [-0.05, 0) is 30.0 Å². The lowest BCUT2D eigenvalue weighted by Gasteiger charge is -2.04. The first kappa shape index (κ1) is 21.3. The summed E-state index contributed by atoms with van der Waals surface area (Å²) in [5, 5.41) is 21.6. The zero-order chi connectivity index (χ0) is 21.5. The fourth-order valence-electron chi connectivity index (χ4n) is 2.21. The molecule has 1 aliphatic heterocycles. The number of thioether (sulfide) groups is 2. The number of esters is 1. The third-order valence-electron chi connectivity index (χ3n) is 3.60. The van der Waals surface area contributed by atoms with Crippen LogP contribution in [0.15, 0.2) is 67.1 Å². The molecule has 0 bridgehead atoms. The normalized spacial score (nSPS) is 16.4. The van der Waals surface area contributed by atoms with Gasteiger partial charge in [-0.15, -0.1) is 16.9 Å². The van der Waals surface area contributed by atoms with Crippen molar-refractivity contribution >= 4 is 52.5 Å². The van der Waals surface area contributed by atoms with E-state index in [4.69, 9.17) is 4.42 Å².